The van der Waals surface area contributed by atoms with E-state index in [9.17, 15) is 18.8 Å². The van der Waals surface area contributed by atoms with Crippen molar-refractivity contribution in [2.24, 2.45) is 0 Å². The SMILES string of the molecule is CCC(=O)Nc1ccc(N2CCCN(C(=O)[C@H](CC)c3ccccc3)CC2)c(C(=O)NCc2ccc(F)cc2)c1. The van der Waals surface area contributed by atoms with Crippen LogP contribution in [0.1, 0.15) is 60.5 Å². The summed E-state index contributed by atoms with van der Waals surface area (Å²) in [5.74, 6) is -0.815. The van der Waals surface area contributed by atoms with Crippen molar-refractivity contribution in [2.75, 3.05) is 36.4 Å². The molecule has 3 aromatic rings. The number of amides is 3. The Kier molecular flexibility index (Phi) is 9.89. The molecule has 1 aliphatic heterocycles. The van der Waals surface area contributed by atoms with Crippen LogP contribution < -0.4 is 15.5 Å². The molecule has 0 unspecified atom stereocenters. The molecule has 1 atom stereocenters. The summed E-state index contributed by atoms with van der Waals surface area (Å²) in [7, 11) is 0. The third-order valence-corrected chi connectivity index (χ3v) is 7.27. The molecule has 2 N–H and O–H groups in total. The topological polar surface area (TPSA) is 81.8 Å². The second kappa shape index (κ2) is 13.7. The van der Waals surface area contributed by atoms with Gasteiger partial charge in [-0.1, -0.05) is 56.3 Å². The molecular formula is C32H37FN4O3. The van der Waals surface area contributed by atoms with Crippen LogP contribution in [0.2, 0.25) is 0 Å². The van der Waals surface area contributed by atoms with Gasteiger partial charge < -0.3 is 20.4 Å². The lowest BCUT2D eigenvalue weighted by molar-refractivity contribution is -0.132. The molecule has 0 aromatic heterocycles. The number of carbonyl (C=O) groups excluding carboxylic acids is 3. The Bertz CT molecular complexity index is 1310. The van der Waals surface area contributed by atoms with Crippen molar-refractivity contribution in [1.29, 1.82) is 0 Å². The van der Waals surface area contributed by atoms with Gasteiger partial charge in [-0.2, -0.15) is 0 Å². The first kappa shape index (κ1) is 28.8. The van der Waals surface area contributed by atoms with E-state index in [2.05, 4.69) is 15.5 Å². The van der Waals surface area contributed by atoms with E-state index >= 15 is 0 Å². The minimum absolute atomic E-state index is 0.130. The third kappa shape index (κ3) is 7.25. The Hall–Kier alpha value is -4.20. The van der Waals surface area contributed by atoms with Gasteiger partial charge in [-0.15, -0.1) is 0 Å². The average molecular weight is 545 g/mol. The number of anilines is 2. The zero-order valence-corrected chi connectivity index (χ0v) is 23.2. The van der Waals surface area contributed by atoms with E-state index in [1.807, 2.05) is 48.2 Å². The van der Waals surface area contributed by atoms with E-state index in [-0.39, 0.29) is 36.0 Å². The Labute approximate surface area is 235 Å². The molecule has 0 saturated carbocycles. The van der Waals surface area contributed by atoms with Crippen molar-refractivity contribution in [2.45, 2.75) is 45.6 Å². The largest absolute Gasteiger partial charge is 0.369 e. The molecule has 1 aliphatic rings. The summed E-state index contributed by atoms with van der Waals surface area (Å²) in [6, 6.07) is 21.2. The highest BCUT2D eigenvalue weighted by Gasteiger charge is 2.27. The minimum Gasteiger partial charge on any atom is -0.369 e. The summed E-state index contributed by atoms with van der Waals surface area (Å²) in [5.41, 5.74) is 3.53. The van der Waals surface area contributed by atoms with Crippen LogP contribution in [-0.4, -0.2) is 48.8 Å². The van der Waals surface area contributed by atoms with Gasteiger partial charge in [0.1, 0.15) is 5.82 Å². The Morgan fingerprint density at radius 1 is 0.900 bits per heavy atom. The molecule has 1 saturated heterocycles. The van der Waals surface area contributed by atoms with E-state index in [1.54, 1.807) is 31.2 Å². The van der Waals surface area contributed by atoms with Crippen LogP contribution in [0.5, 0.6) is 0 Å². The molecule has 40 heavy (non-hydrogen) atoms. The van der Waals surface area contributed by atoms with E-state index in [0.29, 0.717) is 43.9 Å². The van der Waals surface area contributed by atoms with Crippen molar-refractivity contribution >= 4 is 29.1 Å². The smallest absolute Gasteiger partial charge is 0.253 e. The van der Waals surface area contributed by atoms with E-state index in [4.69, 9.17) is 0 Å². The maximum Gasteiger partial charge on any atom is 0.253 e. The summed E-state index contributed by atoms with van der Waals surface area (Å²) >= 11 is 0. The van der Waals surface area contributed by atoms with E-state index < -0.39 is 0 Å². The standard InChI is InChI=1S/C32H37FN4O3/c1-3-27(24-9-6-5-7-10-24)32(40)37-18-8-17-36(19-20-37)29-16-15-26(35-30(38)4-2)21-28(29)31(39)34-22-23-11-13-25(33)14-12-23/h5-7,9-16,21,27H,3-4,8,17-20,22H2,1-2H3,(H,34,39)(H,35,38)/t27-/m1/s1. The normalized spacial score (nSPS) is 14.3. The molecule has 1 heterocycles. The molecule has 3 aromatic carbocycles. The van der Waals surface area contributed by atoms with Crippen LogP contribution in [0.25, 0.3) is 0 Å². The van der Waals surface area contributed by atoms with Crippen LogP contribution in [0.4, 0.5) is 15.8 Å². The first-order valence-electron chi connectivity index (χ1n) is 13.9. The van der Waals surface area contributed by atoms with Gasteiger partial charge in [0.05, 0.1) is 11.5 Å². The zero-order chi connectivity index (χ0) is 28.5. The van der Waals surface area contributed by atoms with Crippen LogP contribution in [0.15, 0.2) is 72.8 Å². The highest BCUT2D eigenvalue weighted by molar-refractivity contribution is 6.02. The van der Waals surface area contributed by atoms with Crippen molar-refractivity contribution in [3.05, 3.63) is 95.3 Å². The maximum absolute atomic E-state index is 13.5. The van der Waals surface area contributed by atoms with Crippen molar-refractivity contribution in [1.82, 2.24) is 10.2 Å². The fourth-order valence-electron chi connectivity index (χ4n) is 5.04. The van der Waals surface area contributed by atoms with Crippen LogP contribution >= 0.6 is 0 Å². The van der Waals surface area contributed by atoms with Gasteiger partial charge >= 0.3 is 0 Å². The van der Waals surface area contributed by atoms with E-state index in [1.165, 1.54) is 12.1 Å². The second-order valence-electron chi connectivity index (χ2n) is 9.98. The molecule has 0 bridgehead atoms. The van der Waals surface area contributed by atoms with Crippen LogP contribution in [0, 0.1) is 5.82 Å². The summed E-state index contributed by atoms with van der Waals surface area (Å²) in [5, 5.41) is 5.76. The molecule has 1 fully saturated rings. The van der Waals surface area contributed by atoms with Crippen molar-refractivity contribution < 1.29 is 18.8 Å². The lowest BCUT2D eigenvalue weighted by Gasteiger charge is -2.28. The molecule has 7 nitrogen and oxygen atoms in total. The number of hydrogen-bond acceptors (Lipinski definition) is 4. The summed E-state index contributed by atoms with van der Waals surface area (Å²) in [6.45, 7) is 6.51. The lowest BCUT2D eigenvalue weighted by Crippen LogP contribution is -2.38. The quantitative estimate of drug-likeness (QED) is 0.381. The summed E-state index contributed by atoms with van der Waals surface area (Å²) < 4.78 is 13.3. The van der Waals surface area contributed by atoms with Gasteiger partial charge in [0, 0.05) is 50.5 Å². The van der Waals surface area contributed by atoms with Crippen LogP contribution in [-0.2, 0) is 16.1 Å². The fraction of sp³-hybridized carbons (Fsp3) is 0.344. The maximum atomic E-state index is 13.5. The minimum atomic E-state index is -0.334. The Morgan fingerprint density at radius 3 is 2.35 bits per heavy atom. The van der Waals surface area contributed by atoms with Crippen LogP contribution in [0.3, 0.4) is 0 Å². The molecular weight excluding hydrogens is 507 g/mol. The highest BCUT2D eigenvalue weighted by atomic mass is 19.1. The average Bonchev–Trinajstić information content (AvgIpc) is 3.24. The fourth-order valence-corrected chi connectivity index (χ4v) is 5.04. The lowest BCUT2D eigenvalue weighted by atomic mass is 9.95. The number of nitrogens with one attached hydrogen (secondary N) is 2. The van der Waals surface area contributed by atoms with Gasteiger partial charge in [-0.25, -0.2) is 4.39 Å². The van der Waals surface area contributed by atoms with Gasteiger partial charge in [0.15, 0.2) is 0 Å². The molecule has 0 radical (unpaired) electrons. The summed E-state index contributed by atoms with van der Waals surface area (Å²) in [4.78, 5) is 43.0. The highest BCUT2D eigenvalue weighted by Crippen LogP contribution is 2.28. The second-order valence-corrected chi connectivity index (χ2v) is 9.98. The number of rotatable bonds is 9. The predicted octanol–water partition coefficient (Wildman–Crippen LogP) is 5.34. The zero-order valence-electron chi connectivity index (χ0n) is 23.2. The number of carbonyl (C=O) groups is 3. The first-order valence-corrected chi connectivity index (χ1v) is 13.9. The monoisotopic (exact) mass is 544 g/mol. The van der Waals surface area contributed by atoms with Gasteiger partial charge in [0.25, 0.3) is 5.91 Å². The first-order chi connectivity index (χ1) is 19.4. The van der Waals surface area contributed by atoms with Gasteiger partial charge in [-0.3, -0.25) is 14.4 Å². The number of benzene rings is 3. The van der Waals surface area contributed by atoms with Crippen molar-refractivity contribution in [3.8, 4) is 0 Å². The van der Waals surface area contributed by atoms with Gasteiger partial charge in [0.2, 0.25) is 11.8 Å². The molecule has 0 spiro atoms. The number of hydrogen-bond donors (Lipinski definition) is 2. The third-order valence-electron chi connectivity index (χ3n) is 7.27. The predicted molar refractivity (Wildman–Crippen MR) is 156 cm³/mol. The Morgan fingerprint density at radius 2 is 1.65 bits per heavy atom. The molecule has 0 aliphatic carbocycles. The number of halogens is 1. The van der Waals surface area contributed by atoms with E-state index in [0.717, 1.165) is 29.7 Å². The number of nitrogens with zero attached hydrogens (tertiary/aromatic N) is 2. The molecule has 210 valence electrons. The molecule has 3 amide bonds. The summed E-state index contributed by atoms with van der Waals surface area (Å²) in [6.07, 6.45) is 1.82. The van der Waals surface area contributed by atoms with Crippen molar-refractivity contribution in [3.63, 3.8) is 0 Å². The molecule has 4 rings (SSSR count). The van der Waals surface area contributed by atoms with Gasteiger partial charge in [-0.05, 0) is 54.3 Å². The molecule has 8 heteroatoms. The Balaban J connectivity index is 1.52.